The topological polar surface area (TPSA) is 125 Å². The van der Waals surface area contributed by atoms with E-state index in [9.17, 15) is 4.79 Å². The van der Waals surface area contributed by atoms with E-state index >= 15 is 0 Å². The van der Waals surface area contributed by atoms with Gasteiger partial charge in [0.25, 0.3) is 5.91 Å². The summed E-state index contributed by atoms with van der Waals surface area (Å²) in [4.78, 5) is 16.7. The summed E-state index contributed by atoms with van der Waals surface area (Å²) in [6, 6.07) is 7.05. The van der Waals surface area contributed by atoms with E-state index < -0.39 is 0 Å². The van der Waals surface area contributed by atoms with Crippen LogP contribution in [0.2, 0.25) is 0 Å². The minimum absolute atomic E-state index is 0.258. The summed E-state index contributed by atoms with van der Waals surface area (Å²) in [5.41, 5.74) is 10.9. The molecule has 4 N–H and O–H groups in total. The van der Waals surface area contributed by atoms with Crippen molar-refractivity contribution in [3.8, 4) is 6.07 Å². The quantitative estimate of drug-likeness (QED) is 0.570. The lowest BCUT2D eigenvalue weighted by molar-refractivity contribution is 0.102. The average Bonchev–Trinajstić information content (AvgIpc) is 2.61. The molecule has 3 rings (SSSR count). The number of aromatic nitrogens is 1. The van der Waals surface area contributed by atoms with E-state index in [1.807, 2.05) is 0 Å². The first-order chi connectivity index (χ1) is 12.9. The molecule has 0 radical (unpaired) electrons. The Labute approximate surface area is 157 Å². The van der Waals surface area contributed by atoms with Crippen molar-refractivity contribution in [2.24, 2.45) is 0 Å². The summed E-state index contributed by atoms with van der Waals surface area (Å²) in [7, 11) is 0. The number of hydrogen-bond donors (Lipinski definition) is 3. The van der Waals surface area contributed by atoms with E-state index in [0.29, 0.717) is 41.3 Å². The third-order valence-electron chi connectivity index (χ3n) is 4.50. The van der Waals surface area contributed by atoms with E-state index in [4.69, 9.17) is 21.1 Å². The predicted molar refractivity (Wildman–Crippen MR) is 103 cm³/mol. The lowest BCUT2D eigenvalue weighted by Crippen LogP contribution is -2.18. The second-order valence-corrected chi connectivity index (χ2v) is 6.35. The van der Waals surface area contributed by atoms with Crippen LogP contribution in [0.4, 0.5) is 11.4 Å². The van der Waals surface area contributed by atoms with Crippen molar-refractivity contribution in [3.05, 3.63) is 64.0 Å². The monoisotopic (exact) mass is 361 g/mol. The summed E-state index contributed by atoms with van der Waals surface area (Å²) in [6.07, 6.45) is 3.13. The molecule has 2 aromatic rings. The smallest absolute Gasteiger partial charge is 0.274 e. The molecule has 0 aliphatic carbocycles. The van der Waals surface area contributed by atoms with Crippen LogP contribution in [-0.2, 0) is 4.74 Å². The zero-order chi connectivity index (χ0) is 19.6. The number of ether oxygens (including phenoxy) is 1. The van der Waals surface area contributed by atoms with E-state index in [-0.39, 0.29) is 17.3 Å². The Morgan fingerprint density at radius 1 is 1.37 bits per heavy atom. The average molecular weight is 361 g/mol. The number of carbonyl (C=O) groups is 1. The number of nitrogens with one attached hydrogen (secondary N) is 2. The maximum Gasteiger partial charge on any atom is 0.274 e. The van der Waals surface area contributed by atoms with Gasteiger partial charge in [0.15, 0.2) is 0 Å². The SMILES string of the molecule is Cc1c(C#N)cnc(C(=O)Nc2ccc(N)c(C(=N)C=C3COC3)c2)c1C. The van der Waals surface area contributed by atoms with Gasteiger partial charge in [-0.05, 0) is 54.8 Å². The van der Waals surface area contributed by atoms with E-state index in [0.717, 1.165) is 11.1 Å². The van der Waals surface area contributed by atoms with Crippen molar-refractivity contribution >= 4 is 23.0 Å². The Morgan fingerprint density at radius 3 is 2.74 bits per heavy atom. The molecule has 1 aromatic carbocycles. The van der Waals surface area contributed by atoms with Gasteiger partial charge in [0.05, 0.1) is 24.5 Å². The van der Waals surface area contributed by atoms with Gasteiger partial charge in [-0.15, -0.1) is 0 Å². The number of carbonyl (C=O) groups excluding carboxylic acids is 1. The maximum atomic E-state index is 12.6. The van der Waals surface area contributed by atoms with E-state index in [2.05, 4.69) is 16.4 Å². The highest BCUT2D eigenvalue weighted by Crippen LogP contribution is 2.22. The van der Waals surface area contributed by atoms with Gasteiger partial charge in [0.2, 0.25) is 0 Å². The highest BCUT2D eigenvalue weighted by Gasteiger charge is 2.16. The highest BCUT2D eigenvalue weighted by molar-refractivity contribution is 6.12. The molecule has 27 heavy (non-hydrogen) atoms. The lowest BCUT2D eigenvalue weighted by Gasteiger charge is -2.18. The first kappa shape index (κ1) is 18.3. The predicted octanol–water partition coefficient (Wildman–Crippen LogP) is 2.73. The molecule has 1 aliphatic heterocycles. The van der Waals surface area contributed by atoms with Gasteiger partial charge < -0.3 is 21.2 Å². The van der Waals surface area contributed by atoms with E-state index in [1.54, 1.807) is 38.1 Å². The first-order valence-electron chi connectivity index (χ1n) is 8.34. The molecule has 1 saturated heterocycles. The molecule has 0 spiro atoms. The van der Waals surface area contributed by atoms with Crippen LogP contribution in [0.25, 0.3) is 0 Å². The number of rotatable bonds is 4. The molecular formula is C20H19N5O2. The molecule has 7 heteroatoms. The molecule has 1 amide bonds. The summed E-state index contributed by atoms with van der Waals surface area (Å²) < 4.78 is 5.08. The van der Waals surface area contributed by atoms with Crippen LogP contribution in [-0.4, -0.2) is 29.8 Å². The minimum atomic E-state index is -0.381. The summed E-state index contributed by atoms with van der Waals surface area (Å²) in [6.45, 7) is 4.60. The van der Waals surface area contributed by atoms with Crippen molar-refractivity contribution in [2.45, 2.75) is 13.8 Å². The van der Waals surface area contributed by atoms with Gasteiger partial charge in [0.1, 0.15) is 11.8 Å². The molecule has 0 unspecified atom stereocenters. The van der Waals surface area contributed by atoms with Crippen LogP contribution >= 0.6 is 0 Å². The molecule has 1 aliphatic rings. The Morgan fingerprint density at radius 2 is 2.11 bits per heavy atom. The van der Waals surface area contributed by atoms with Gasteiger partial charge in [-0.25, -0.2) is 4.98 Å². The number of nitrogens with zero attached hydrogens (tertiary/aromatic N) is 2. The third-order valence-corrected chi connectivity index (χ3v) is 4.50. The maximum absolute atomic E-state index is 12.6. The summed E-state index contributed by atoms with van der Waals surface area (Å²) >= 11 is 0. The first-order valence-corrected chi connectivity index (χ1v) is 8.34. The number of benzene rings is 1. The van der Waals surface area contributed by atoms with Gasteiger partial charge in [-0.3, -0.25) is 4.79 Å². The normalized spacial score (nSPS) is 12.7. The Balaban J connectivity index is 1.85. The summed E-state index contributed by atoms with van der Waals surface area (Å²) in [5, 5.41) is 20.1. The zero-order valence-corrected chi connectivity index (χ0v) is 15.1. The summed E-state index contributed by atoms with van der Waals surface area (Å²) in [5.74, 6) is -0.381. The number of hydrogen-bond acceptors (Lipinski definition) is 6. The molecule has 0 atom stereocenters. The van der Waals surface area contributed by atoms with Crippen molar-refractivity contribution in [3.63, 3.8) is 0 Å². The molecule has 7 nitrogen and oxygen atoms in total. The fraction of sp³-hybridized carbons (Fsp3) is 0.200. The van der Waals surface area contributed by atoms with Crippen LogP contribution in [0.3, 0.4) is 0 Å². The van der Waals surface area contributed by atoms with Crippen LogP contribution in [0.1, 0.15) is 32.7 Å². The van der Waals surface area contributed by atoms with Gasteiger partial charge in [0, 0.05) is 23.1 Å². The van der Waals surface area contributed by atoms with Crippen LogP contribution < -0.4 is 11.1 Å². The molecule has 0 saturated carbocycles. The van der Waals surface area contributed by atoms with Crippen LogP contribution in [0.5, 0.6) is 0 Å². The third kappa shape index (κ3) is 3.71. The second kappa shape index (κ2) is 7.40. The molecule has 2 heterocycles. The van der Waals surface area contributed by atoms with Crippen molar-refractivity contribution in [1.82, 2.24) is 4.98 Å². The fourth-order valence-corrected chi connectivity index (χ4v) is 2.69. The Hall–Kier alpha value is -3.50. The standard InChI is InChI=1S/C20H19N5O2/c1-11-12(2)19(24-8-14(11)7-21)20(26)25-15-3-4-17(22)16(6-15)18(23)5-13-9-27-10-13/h3-6,8,23H,9-10,22H2,1-2H3,(H,25,26). The lowest BCUT2D eigenvalue weighted by atomic mass is 10.0. The number of nitrogen functional groups attached to an aromatic ring is 1. The van der Waals surface area contributed by atoms with Gasteiger partial charge in [-0.1, -0.05) is 0 Å². The number of anilines is 2. The highest BCUT2D eigenvalue weighted by atomic mass is 16.5. The number of nitrogens with two attached hydrogens (primary N) is 1. The molecular weight excluding hydrogens is 342 g/mol. The fourth-order valence-electron chi connectivity index (χ4n) is 2.69. The zero-order valence-electron chi connectivity index (χ0n) is 15.1. The van der Waals surface area contributed by atoms with Crippen molar-refractivity contribution in [1.29, 1.82) is 10.7 Å². The van der Waals surface area contributed by atoms with Crippen molar-refractivity contribution in [2.75, 3.05) is 24.3 Å². The van der Waals surface area contributed by atoms with Crippen LogP contribution in [0.15, 0.2) is 36.0 Å². The molecule has 0 bridgehead atoms. The second-order valence-electron chi connectivity index (χ2n) is 6.35. The molecule has 1 fully saturated rings. The molecule has 1 aromatic heterocycles. The van der Waals surface area contributed by atoms with Crippen LogP contribution in [0, 0.1) is 30.6 Å². The Bertz CT molecular complexity index is 1010. The molecule has 136 valence electrons. The number of allylic oxidation sites excluding steroid dienone is 1. The number of nitriles is 1. The van der Waals surface area contributed by atoms with Gasteiger partial charge >= 0.3 is 0 Å². The van der Waals surface area contributed by atoms with Gasteiger partial charge in [-0.2, -0.15) is 5.26 Å². The minimum Gasteiger partial charge on any atom is -0.398 e. The van der Waals surface area contributed by atoms with Crippen molar-refractivity contribution < 1.29 is 9.53 Å². The van der Waals surface area contributed by atoms with E-state index in [1.165, 1.54) is 6.20 Å². The largest absolute Gasteiger partial charge is 0.398 e. The number of amides is 1. The number of pyridine rings is 1. The Kier molecular flexibility index (Phi) is 5.01.